The molecule has 1 fully saturated rings. The van der Waals surface area contributed by atoms with Gasteiger partial charge in [-0.05, 0) is 43.2 Å². The van der Waals surface area contributed by atoms with E-state index >= 15 is 0 Å². The zero-order valence-electron chi connectivity index (χ0n) is 17.5. The molecule has 0 saturated heterocycles. The Morgan fingerprint density at radius 3 is 2.73 bits per heavy atom. The molecule has 0 radical (unpaired) electrons. The lowest BCUT2D eigenvalue weighted by atomic mass is 10.1. The van der Waals surface area contributed by atoms with Crippen molar-refractivity contribution in [2.45, 2.75) is 25.4 Å². The Morgan fingerprint density at radius 1 is 1.06 bits per heavy atom. The van der Waals surface area contributed by atoms with Gasteiger partial charge in [0.2, 0.25) is 0 Å². The molecular formula is C24H19F2N7. The van der Waals surface area contributed by atoms with Crippen LogP contribution in [0.25, 0.3) is 33.5 Å². The molecule has 9 heteroatoms. The van der Waals surface area contributed by atoms with Crippen LogP contribution in [0.2, 0.25) is 0 Å². The van der Waals surface area contributed by atoms with Gasteiger partial charge >= 0.3 is 0 Å². The molecule has 0 bridgehead atoms. The first-order chi connectivity index (χ1) is 16.1. The number of halogens is 2. The highest BCUT2D eigenvalue weighted by Gasteiger charge is 2.25. The van der Waals surface area contributed by atoms with E-state index in [0.717, 1.165) is 52.5 Å². The Balaban J connectivity index is 1.38. The largest absolute Gasteiger partial charge is 0.378 e. The summed E-state index contributed by atoms with van der Waals surface area (Å²) in [5.41, 5.74) is 4.40. The van der Waals surface area contributed by atoms with Crippen LogP contribution in [0.5, 0.6) is 0 Å². The van der Waals surface area contributed by atoms with Gasteiger partial charge in [-0.15, -0.1) is 0 Å². The molecular weight excluding hydrogens is 424 g/mol. The average Bonchev–Trinajstić information content (AvgIpc) is 3.38. The molecule has 5 aromatic rings. The number of hydrogen-bond donors (Lipinski definition) is 2. The smallest absolute Gasteiger partial charge is 0.128 e. The summed E-state index contributed by atoms with van der Waals surface area (Å²) in [6, 6.07) is 11.7. The number of benzene rings is 2. The van der Waals surface area contributed by atoms with Gasteiger partial charge in [-0.25, -0.2) is 23.7 Å². The van der Waals surface area contributed by atoms with Gasteiger partial charge in [0.1, 0.15) is 29.5 Å². The van der Waals surface area contributed by atoms with Crippen LogP contribution >= 0.6 is 0 Å². The van der Waals surface area contributed by atoms with Crippen molar-refractivity contribution in [3.63, 3.8) is 0 Å². The first-order valence-corrected chi connectivity index (χ1v) is 10.7. The van der Waals surface area contributed by atoms with Crippen molar-refractivity contribution in [1.82, 2.24) is 29.7 Å². The molecule has 0 atom stereocenters. The molecule has 1 saturated carbocycles. The molecule has 0 spiro atoms. The molecule has 0 aliphatic heterocycles. The second kappa shape index (κ2) is 7.77. The number of nitrogens with zero attached hydrogens (tertiary/aromatic N) is 5. The lowest BCUT2D eigenvalue weighted by molar-refractivity contribution is 0.584. The number of anilines is 1. The fourth-order valence-electron chi connectivity index (χ4n) is 3.89. The lowest BCUT2D eigenvalue weighted by Gasteiger charge is -2.04. The minimum Gasteiger partial charge on any atom is -0.378 e. The fraction of sp³-hybridized carbons (Fsp3) is 0.167. The zero-order valence-corrected chi connectivity index (χ0v) is 17.5. The number of aromatic nitrogens is 6. The van der Waals surface area contributed by atoms with Crippen molar-refractivity contribution < 1.29 is 8.78 Å². The maximum atomic E-state index is 13.5. The minimum atomic E-state index is -0.637. The number of nitrogens with one attached hydrogen (secondary N) is 2. The Hall–Kier alpha value is -4.14. The predicted molar refractivity (Wildman–Crippen MR) is 120 cm³/mol. The van der Waals surface area contributed by atoms with Crippen LogP contribution in [0.1, 0.15) is 24.7 Å². The summed E-state index contributed by atoms with van der Waals surface area (Å²) in [7, 11) is 0. The summed E-state index contributed by atoms with van der Waals surface area (Å²) in [4.78, 5) is 16.5. The van der Waals surface area contributed by atoms with Crippen molar-refractivity contribution in [2.24, 2.45) is 0 Å². The number of aromatic amines is 1. The molecule has 2 aromatic carbocycles. The van der Waals surface area contributed by atoms with Gasteiger partial charge in [-0.2, -0.15) is 5.10 Å². The normalized spacial score (nSPS) is 13.5. The maximum absolute atomic E-state index is 13.5. The van der Waals surface area contributed by atoms with Gasteiger partial charge in [0.25, 0.3) is 0 Å². The van der Waals surface area contributed by atoms with Crippen LogP contribution in [0.4, 0.5) is 14.5 Å². The first kappa shape index (κ1) is 19.5. The Labute approximate surface area is 187 Å². The monoisotopic (exact) mass is 443 g/mol. The first-order valence-electron chi connectivity index (χ1n) is 10.7. The van der Waals surface area contributed by atoms with Gasteiger partial charge in [0.15, 0.2) is 0 Å². The molecule has 33 heavy (non-hydrogen) atoms. The van der Waals surface area contributed by atoms with Gasteiger partial charge < -0.3 is 10.3 Å². The van der Waals surface area contributed by atoms with Crippen molar-refractivity contribution >= 4 is 16.6 Å². The van der Waals surface area contributed by atoms with E-state index in [4.69, 9.17) is 10.1 Å². The van der Waals surface area contributed by atoms with E-state index < -0.39 is 11.6 Å². The maximum Gasteiger partial charge on any atom is 0.128 e. The summed E-state index contributed by atoms with van der Waals surface area (Å²) >= 11 is 0. The fourth-order valence-corrected chi connectivity index (χ4v) is 3.89. The standard InChI is InChI=1S/C24H19F2N7/c25-16-8-17(26)10-18(9-16)28-12-22-30-23(14-1-4-20-15(7-14)11-27-13-29-20)24(31-22)21-5-6-33(32-21)19-2-3-19/h1,4-11,13,19,28H,2-3,12H2,(H,30,31). The second-order valence-corrected chi connectivity index (χ2v) is 8.13. The van der Waals surface area contributed by atoms with E-state index in [0.29, 0.717) is 17.6 Å². The second-order valence-electron chi connectivity index (χ2n) is 8.13. The lowest BCUT2D eigenvalue weighted by Crippen LogP contribution is -2.02. The van der Waals surface area contributed by atoms with Crippen LogP contribution < -0.4 is 5.32 Å². The molecule has 3 aromatic heterocycles. The number of fused-ring (bicyclic) bond motifs is 1. The van der Waals surface area contributed by atoms with E-state index in [-0.39, 0.29) is 6.54 Å². The Morgan fingerprint density at radius 2 is 1.91 bits per heavy atom. The molecule has 2 N–H and O–H groups in total. The van der Waals surface area contributed by atoms with Gasteiger partial charge in [0, 0.05) is 35.1 Å². The minimum absolute atomic E-state index is 0.260. The van der Waals surface area contributed by atoms with Crippen molar-refractivity contribution in [2.75, 3.05) is 5.32 Å². The van der Waals surface area contributed by atoms with E-state index in [1.165, 1.54) is 18.5 Å². The average molecular weight is 443 g/mol. The number of hydrogen-bond acceptors (Lipinski definition) is 5. The highest BCUT2D eigenvalue weighted by molar-refractivity contribution is 5.86. The highest BCUT2D eigenvalue weighted by atomic mass is 19.1. The third kappa shape index (κ3) is 3.93. The Kier molecular flexibility index (Phi) is 4.60. The quantitative estimate of drug-likeness (QED) is 0.381. The van der Waals surface area contributed by atoms with Crippen LogP contribution in [0.15, 0.2) is 61.2 Å². The van der Waals surface area contributed by atoms with Crippen molar-refractivity contribution in [3.05, 3.63) is 78.6 Å². The summed E-state index contributed by atoms with van der Waals surface area (Å²) in [6.07, 6.45) is 7.55. The van der Waals surface area contributed by atoms with Crippen LogP contribution in [0.3, 0.4) is 0 Å². The Bertz CT molecular complexity index is 1450. The topological polar surface area (TPSA) is 84.3 Å². The number of imidazole rings is 1. The molecule has 164 valence electrons. The summed E-state index contributed by atoms with van der Waals surface area (Å²) in [5, 5.41) is 8.68. The number of H-pyrrole nitrogens is 1. The summed E-state index contributed by atoms with van der Waals surface area (Å²) in [5.74, 6) is -0.653. The molecule has 3 heterocycles. The van der Waals surface area contributed by atoms with Gasteiger partial charge in [-0.1, -0.05) is 6.07 Å². The van der Waals surface area contributed by atoms with E-state index in [9.17, 15) is 8.78 Å². The highest BCUT2D eigenvalue weighted by Crippen LogP contribution is 2.36. The van der Waals surface area contributed by atoms with E-state index in [1.54, 1.807) is 6.20 Å². The van der Waals surface area contributed by atoms with Gasteiger partial charge in [-0.3, -0.25) is 4.68 Å². The molecule has 0 amide bonds. The zero-order chi connectivity index (χ0) is 22.4. The predicted octanol–water partition coefficient (Wildman–Crippen LogP) is 5.11. The van der Waals surface area contributed by atoms with E-state index in [1.807, 2.05) is 35.1 Å². The van der Waals surface area contributed by atoms with Crippen LogP contribution in [0, 0.1) is 11.6 Å². The molecule has 1 aliphatic rings. The molecule has 0 unspecified atom stereocenters. The molecule has 7 nitrogen and oxygen atoms in total. The molecule has 1 aliphatic carbocycles. The van der Waals surface area contributed by atoms with Crippen LogP contribution in [-0.4, -0.2) is 29.7 Å². The number of rotatable bonds is 6. The third-order valence-electron chi connectivity index (χ3n) is 5.64. The third-order valence-corrected chi connectivity index (χ3v) is 5.64. The van der Waals surface area contributed by atoms with E-state index in [2.05, 4.69) is 20.3 Å². The van der Waals surface area contributed by atoms with Crippen LogP contribution in [-0.2, 0) is 6.54 Å². The SMILES string of the molecule is Fc1cc(F)cc(NCc2nc(-c3ccc4ncncc4c3)c(-c3ccn(C4CC4)n3)[nH]2)c1. The van der Waals surface area contributed by atoms with Crippen molar-refractivity contribution in [3.8, 4) is 22.6 Å². The van der Waals surface area contributed by atoms with Crippen molar-refractivity contribution in [1.29, 1.82) is 0 Å². The van der Waals surface area contributed by atoms with Gasteiger partial charge in [0.05, 0.1) is 29.5 Å². The summed E-state index contributed by atoms with van der Waals surface area (Å²) in [6.45, 7) is 0.260. The summed E-state index contributed by atoms with van der Waals surface area (Å²) < 4.78 is 29.1. The molecule has 6 rings (SSSR count).